The number of hydrogen-bond donors (Lipinski definition) is 1. The number of hydrogen-bond acceptors (Lipinski definition) is 1. The fraction of sp³-hybridized carbons (Fsp3) is 0.500. The third-order valence-electron chi connectivity index (χ3n) is 3.27. The van der Waals surface area contributed by atoms with E-state index in [-0.39, 0.29) is 6.03 Å². The van der Waals surface area contributed by atoms with E-state index in [4.69, 9.17) is 0 Å². The molecule has 2 atom stereocenters. The van der Waals surface area contributed by atoms with E-state index in [0.29, 0.717) is 11.8 Å². The second-order valence-electron chi connectivity index (χ2n) is 5.26. The zero-order chi connectivity index (χ0) is 13.1. The van der Waals surface area contributed by atoms with Crippen LogP contribution in [-0.2, 0) is 0 Å². The zero-order valence-corrected chi connectivity index (χ0v) is 12.4. The van der Waals surface area contributed by atoms with Crippen LogP contribution in [0.2, 0.25) is 0 Å². The molecular weight excluding hydrogens is 292 g/mol. The Bertz CT molecular complexity index is 426. The first-order valence-corrected chi connectivity index (χ1v) is 7.16. The summed E-state index contributed by atoms with van der Waals surface area (Å²) >= 11 is 3.44. The average Bonchev–Trinajstić information content (AvgIpc) is 2.31. The lowest BCUT2D eigenvalue weighted by molar-refractivity contribution is 0.156. The fourth-order valence-electron chi connectivity index (χ4n) is 2.59. The number of urea groups is 1. The summed E-state index contributed by atoms with van der Waals surface area (Å²) < 4.78 is 0.913. The van der Waals surface area contributed by atoms with Gasteiger partial charge in [0.25, 0.3) is 0 Å². The standard InChI is InChI=1S/C14H19BrN2O/c1-10-7-11(2)9-17(8-10)14(18)16-13-6-4-3-5-12(13)15/h3-6,10-11H,7-9H2,1-2H3,(H,16,18)/t10-,11+. The topological polar surface area (TPSA) is 32.3 Å². The molecule has 2 rings (SSSR count). The summed E-state index contributed by atoms with van der Waals surface area (Å²) in [4.78, 5) is 14.1. The highest BCUT2D eigenvalue weighted by atomic mass is 79.9. The summed E-state index contributed by atoms with van der Waals surface area (Å²) in [5.41, 5.74) is 0.827. The molecule has 98 valence electrons. The molecule has 0 aromatic heterocycles. The van der Waals surface area contributed by atoms with Crippen LogP contribution in [0.15, 0.2) is 28.7 Å². The summed E-state index contributed by atoms with van der Waals surface area (Å²) in [6.45, 7) is 6.10. The summed E-state index contributed by atoms with van der Waals surface area (Å²) in [5, 5.41) is 2.96. The van der Waals surface area contributed by atoms with Crippen molar-refractivity contribution < 1.29 is 4.79 Å². The number of piperidine rings is 1. The fourth-order valence-corrected chi connectivity index (χ4v) is 2.97. The maximum Gasteiger partial charge on any atom is 0.321 e. The van der Waals surface area contributed by atoms with E-state index in [2.05, 4.69) is 35.1 Å². The van der Waals surface area contributed by atoms with Gasteiger partial charge in [0.1, 0.15) is 0 Å². The van der Waals surface area contributed by atoms with Gasteiger partial charge < -0.3 is 10.2 Å². The van der Waals surface area contributed by atoms with Crippen LogP contribution in [-0.4, -0.2) is 24.0 Å². The Morgan fingerprint density at radius 2 is 1.89 bits per heavy atom. The first kappa shape index (κ1) is 13.4. The molecule has 1 heterocycles. The number of carbonyl (C=O) groups excluding carboxylic acids is 1. The number of likely N-dealkylation sites (tertiary alicyclic amines) is 1. The molecule has 1 aromatic carbocycles. The van der Waals surface area contributed by atoms with Crippen LogP contribution in [0.1, 0.15) is 20.3 Å². The molecule has 1 N–H and O–H groups in total. The number of halogens is 1. The highest BCUT2D eigenvalue weighted by Crippen LogP contribution is 2.24. The quantitative estimate of drug-likeness (QED) is 0.836. The maximum atomic E-state index is 12.2. The Hall–Kier alpha value is -1.03. The van der Waals surface area contributed by atoms with Gasteiger partial charge in [0.15, 0.2) is 0 Å². The Labute approximate surface area is 117 Å². The van der Waals surface area contributed by atoms with E-state index < -0.39 is 0 Å². The van der Waals surface area contributed by atoms with Crippen LogP contribution in [0.5, 0.6) is 0 Å². The van der Waals surface area contributed by atoms with Gasteiger partial charge in [-0.2, -0.15) is 0 Å². The molecule has 1 fully saturated rings. The van der Waals surface area contributed by atoms with E-state index in [0.717, 1.165) is 23.2 Å². The van der Waals surface area contributed by atoms with Gasteiger partial charge in [-0.05, 0) is 46.3 Å². The molecule has 4 heteroatoms. The number of amides is 2. The second-order valence-corrected chi connectivity index (χ2v) is 6.12. The van der Waals surface area contributed by atoms with Gasteiger partial charge in [-0.1, -0.05) is 26.0 Å². The van der Waals surface area contributed by atoms with E-state index >= 15 is 0 Å². The SMILES string of the molecule is C[C@@H]1C[C@H](C)CN(C(=O)Nc2ccccc2Br)C1. The van der Waals surface area contributed by atoms with Crippen LogP contribution in [0.3, 0.4) is 0 Å². The average molecular weight is 311 g/mol. The van der Waals surface area contributed by atoms with Gasteiger partial charge in [0.2, 0.25) is 0 Å². The van der Waals surface area contributed by atoms with Crippen molar-refractivity contribution in [3.63, 3.8) is 0 Å². The molecule has 1 saturated heterocycles. The van der Waals surface area contributed by atoms with Gasteiger partial charge in [-0.25, -0.2) is 4.79 Å². The minimum absolute atomic E-state index is 0.000278. The van der Waals surface area contributed by atoms with E-state index in [1.54, 1.807) is 0 Å². The Morgan fingerprint density at radius 1 is 1.28 bits per heavy atom. The molecule has 1 aliphatic heterocycles. The lowest BCUT2D eigenvalue weighted by Gasteiger charge is -2.35. The largest absolute Gasteiger partial charge is 0.324 e. The molecule has 2 amide bonds. The maximum absolute atomic E-state index is 12.2. The van der Waals surface area contributed by atoms with Crippen molar-refractivity contribution in [1.29, 1.82) is 0 Å². The molecule has 0 bridgehead atoms. The van der Waals surface area contributed by atoms with Crippen LogP contribution in [0, 0.1) is 11.8 Å². The first-order valence-electron chi connectivity index (χ1n) is 6.36. The van der Waals surface area contributed by atoms with Gasteiger partial charge in [-0.3, -0.25) is 0 Å². The molecule has 1 aromatic rings. The Kier molecular flexibility index (Phi) is 4.27. The third kappa shape index (κ3) is 3.25. The smallest absolute Gasteiger partial charge is 0.321 e. The number of nitrogens with one attached hydrogen (secondary N) is 1. The number of benzene rings is 1. The Morgan fingerprint density at radius 3 is 2.50 bits per heavy atom. The monoisotopic (exact) mass is 310 g/mol. The molecule has 0 saturated carbocycles. The van der Waals surface area contributed by atoms with Crippen LogP contribution in [0.25, 0.3) is 0 Å². The van der Waals surface area contributed by atoms with Crippen LogP contribution < -0.4 is 5.32 Å². The van der Waals surface area contributed by atoms with Gasteiger partial charge in [0, 0.05) is 17.6 Å². The molecule has 18 heavy (non-hydrogen) atoms. The summed E-state index contributed by atoms with van der Waals surface area (Å²) in [7, 11) is 0. The van der Waals surface area contributed by atoms with Crippen molar-refractivity contribution in [3.8, 4) is 0 Å². The summed E-state index contributed by atoms with van der Waals surface area (Å²) in [6, 6.07) is 7.68. The van der Waals surface area contributed by atoms with E-state index in [9.17, 15) is 4.79 Å². The van der Waals surface area contributed by atoms with Crippen molar-refractivity contribution in [1.82, 2.24) is 4.90 Å². The van der Waals surface area contributed by atoms with Gasteiger partial charge >= 0.3 is 6.03 Å². The number of carbonyl (C=O) groups is 1. The number of para-hydroxylation sites is 1. The predicted molar refractivity (Wildman–Crippen MR) is 77.7 cm³/mol. The molecule has 0 aliphatic carbocycles. The normalized spacial score (nSPS) is 23.8. The van der Waals surface area contributed by atoms with Gasteiger partial charge in [0.05, 0.1) is 5.69 Å². The minimum Gasteiger partial charge on any atom is -0.324 e. The summed E-state index contributed by atoms with van der Waals surface area (Å²) in [6.07, 6.45) is 1.21. The number of anilines is 1. The predicted octanol–water partition coefficient (Wildman–Crippen LogP) is 3.96. The van der Waals surface area contributed by atoms with Crippen molar-refractivity contribution in [2.75, 3.05) is 18.4 Å². The molecular formula is C14H19BrN2O. The zero-order valence-electron chi connectivity index (χ0n) is 10.8. The first-order chi connectivity index (χ1) is 8.56. The Balaban J connectivity index is 2.02. The minimum atomic E-state index is 0.000278. The lowest BCUT2D eigenvalue weighted by atomic mass is 9.92. The summed E-state index contributed by atoms with van der Waals surface area (Å²) in [5.74, 6) is 1.16. The molecule has 0 radical (unpaired) electrons. The van der Waals surface area contributed by atoms with E-state index in [1.807, 2.05) is 29.2 Å². The lowest BCUT2D eigenvalue weighted by Crippen LogP contribution is -2.44. The molecule has 0 spiro atoms. The van der Waals surface area contributed by atoms with Crippen molar-refractivity contribution >= 4 is 27.6 Å². The molecule has 1 aliphatic rings. The van der Waals surface area contributed by atoms with E-state index in [1.165, 1.54) is 6.42 Å². The third-order valence-corrected chi connectivity index (χ3v) is 3.96. The van der Waals surface area contributed by atoms with Crippen LogP contribution >= 0.6 is 15.9 Å². The molecule has 0 unspecified atom stereocenters. The van der Waals surface area contributed by atoms with Gasteiger partial charge in [-0.15, -0.1) is 0 Å². The number of nitrogens with zero attached hydrogens (tertiary/aromatic N) is 1. The number of rotatable bonds is 1. The second kappa shape index (κ2) is 5.74. The highest BCUT2D eigenvalue weighted by Gasteiger charge is 2.25. The highest BCUT2D eigenvalue weighted by molar-refractivity contribution is 9.10. The molecule has 3 nitrogen and oxygen atoms in total. The van der Waals surface area contributed by atoms with Crippen molar-refractivity contribution in [3.05, 3.63) is 28.7 Å². The van der Waals surface area contributed by atoms with Crippen molar-refractivity contribution in [2.45, 2.75) is 20.3 Å². The van der Waals surface area contributed by atoms with Crippen LogP contribution in [0.4, 0.5) is 10.5 Å². The van der Waals surface area contributed by atoms with Crippen molar-refractivity contribution in [2.24, 2.45) is 11.8 Å².